The first-order valence-corrected chi connectivity index (χ1v) is 12.8. The van der Waals surface area contributed by atoms with Crippen LogP contribution in [0.15, 0.2) is 24.3 Å². The topological polar surface area (TPSA) is 169 Å². The Hall–Kier alpha value is -3.63. The fourth-order valence-electron chi connectivity index (χ4n) is 3.46. The van der Waals surface area contributed by atoms with Crippen molar-refractivity contribution in [3.05, 3.63) is 29.8 Å². The van der Waals surface area contributed by atoms with Gasteiger partial charge in [-0.3, -0.25) is 19.2 Å². The number of anilines is 1. The number of rotatable bonds is 11. The maximum Gasteiger partial charge on any atom is 0.312 e. The number of urea groups is 1. The predicted octanol–water partition coefficient (Wildman–Crippen LogP) is 2.73. The van der Waals surface area contributed by atoms with Gasteiger partial charge in [-0.15, -0.1) is 0 Å². The van der Waals surface area contributed by atoms with Crippen LogP contribution in [0.3, 0.4) is 0 Å². The zero-order chi connectivity index (χ0) is 28.4. The van der Waals surface area contributed by atoms with E-state index in [0.29, 0.717) is 24.9 Å². The second-order valence-corrected chi connectivity index (χ2v) is 8.04. The molecular weight excluding hydrogens is 478 g/mol. The smallest absolute Gasteiger partial charge is 0.312 e. The van der Waals surface area contributed by atoms with Crippen LogP contribution in [-0.2, 0) is 30.5 Å². The molecule has 11 nitrogen and oxygen atoms in total. The van der Waals surface area contributed by atoms with Crippen molar-refractivity contribution in [2.45, 2.75) is 91.8 Å². The summed E-state index contributed by atoms with van der Waals surface area (Å²) < 4.78 is 4.94. The van der Waals surface area contributed by atoms with Crippen molar-refractivity contribution >= 4 is 35.4 Å². The minimum atomic E-state index is -1.01. The Bertz CT molecular complexity index is 884. The summed E-state index contributed by atoms with van der Waals surface area (Å²) in [5, 5.41) is 10.7. The third kappa shape index (κ3) is 12.2. The highest BCUT2D eigenvalue weighted by Gasteiger charge is 2.45. The first-order valence-electron chi connectivity index (χ1n) is 12.8. The number of amides is 5. The van der Waals surface area contributed by atoms with Gasteiger partial charge in [0.05, 0.1) is 0 Å². The van der Waals surface area contributed by atoms with E-state index < -0.39 is 29.4 Å². The highest BCUT2D eigenvalue weighted by molar-refractivity contribution is 5.99. The number of hydrogen-bond donors (Lipinski definition) is 5. The van der Waals surface area contributed by atoms with Gasteiger partial charge < -0.3 is 31.7 Å². The molecule has 0 aromatic heterocycles. The standard InChI is InChI=1S/C22H31N5O6.2C2H6/c1-14(28)27-22(10-4-11-22)20(31)26-18(5-3-12-24-21(23)32)19(30)25-17-8-6-16(7-9-17)13-33-15(2)29;2*1-2/h6-9,18H,3-5,10-13H2,1-2H3,(H,25,30)(H,26,31)(H,27,28)(H3,23,24,32);2*1-2H3. The molecule has 208 valence electrons. The van der Waals surface area contributed by atoms with Crippen molar-refractivity contribution in [3.63, 3.8) is 0 Å². The highest BCUT2D eigenvalue weighted by Crippen LogP contribution is 2.32. The van der Waals surface area contributed by atoms with E-state index in [9.17, 15) is 24.0 Å². The third-order valence-electron chi connectivity index (χ3n) is 5.31. The zero-order valence-corrected chi connectivity index (χ0v) is 22.9. The molecule has 0 bridgehead atoms. The number of esters is 1. The summed E-state index contributed by atoms with van der Waals surface area (Å²) in [4.78, 5) is 59.2. The maximum absolute atomic E-state index is 12.9. The van der Waals surface area contributed by atoms with E-state index in [0.717, 1.165) is 12.0 Å². The van der Waals surface area contributed by atoms with Crippen LogP contribution in [0.2, 0.25) is 0 Å². The van der Waals surface area contributed by atoms with Crippen LogP contribution >= 0.6 is 0 Å². The average molecular weight is 522 g/mol. The molecule has 1 unspecified atom stereocenters. The van der Waals surface area contributed by atoms with E-state index in [1.54, 1.807) is 24.3 Å². The summed E-state index contributed by atoms with van der Waals surface area (Å²) in [6, 6.07) is 5.18. The minimum Gasteiger partial charge on any atom is -0.461 e. The minimum absolute atomic E-state index is 0.125. The Labute approximate surface area is 219 Å². The molecule has 0 heterocycles. The first-order chi connectivity index (χ1) is 17.6. The number of carbonyl (C=O) groups excluding carboxylic acids is 5. The lowest BCUT2D eigenvalue weighted by atomic mass is 9.75. The number of carbonyl (C=O) groups is 5. The van der Waals surface area contributed by atoms with Crippen molar-refractivity contribution < 1.29 is 28.7 Å². The number of nitrogens with one attached hydrogen (secondary N) is 4. The van der Waals surface area contributed by atoms with Gasteiger partial charge in [0.25, 0.3) is 0 Å². The molecule has 0 saturated heterocycles. The van der Waals surface area contributed by atoms with Crippen molar-refractivity contribution in [2.24, 2.45) is 5.73 Å². The number of primary amides is 1. The molecule has 1 aliphatic rings. The summed E-state index contributed by atoms with van der Waals surface area (Å²) >= 11 is 0. The van der Waals surface area contributed by atoms with Gasteiger partial charge in [0.15, 0.2) is 0 Å². The lowest BCUT2D eigenvalue weighted by Gasteiger charge is -2.41. The summed E-state index contributed by atoms with van der Waals surface area (Å²) in [7, 11) is 0. The second-order valence-electron chi connectivity index (χ2n) is 8.04. The van der Waals surface area contributed by atoms with E-state index in [2.05, 4.69) is 21.3 Å². The molecular formula is C26H43N5O6. The van der Waals surface area contributed by atoms with Gasteiger partial charge in [0.2, 0.25) is 17.7 Å². The SMILES string of the molecule is CC.CC.CC(=O)NC1(C(=O)NC(CCCNC(N)=O)C(=O)Nc2ccc(COC(C)=O)cc2)CCC1. The molecule has 1 atom stereocenters. The summed E-state index contributed by atoms with van der Waals surface area (Å²) in [5.74, 6) is -1.55. The molecule has 0 spiro atoms. The van der Waals surface area contributed by atoms with Crippen molar-refractivity contribution in [1.82, 2.24) is 16.0 Å². The summed E-state index contributed by atoms with van der Waals surface area (Å²) in [5.41, 5.74) is 5.32. The molecule has 1 aromatic rings. The number of ether oxygens (including phenoxy) is 1. The summed E-state index contributed by atoms with van der Waals surface area (Å²) in [6.45, 7) is 11.0. The molecule has 1 saturated carbocycles. The van der Waals surface area contributed by atoms with Crippen LogP contribution in [0.1, 0.15) is 79.2 Å². The quantitative estimate of drug-likeness (QED) is 0.221. The molecule has 0 aliphatic heterocycles. The maximum atomic E-state index is 12.9. The van der Waals surface area contributed by atoms with Crippen LogP contribution in [0, 0.1) is 0 Å². The Morgan fingerprint density at radius 3 is 2.05 bits per heavy atom. The lowest BCUT2D eigenvalue weighted by molar-refractivity contribution is -0.142. The van der Waals surface area contributed by atoms with E-state index in [1.165, 1.54) is 13.8 Å². The zero-order valence-electron chi connectivity index (χ0n) is 22.9. The van der Waals surface area contributed by atoms with Gasteiger partial charge in [0, 0.05) is 26.1 Å². The van der Waals surface area contributed by atoms with Crippen LogP contribution in [-0.4, -0.2) is 47.8 Å². The first kappa shape index (κ1) is 33.4. The predicted molar refractivity (Wildman–Crippen MR) is 142 cm³/mol. The van der Waals surface area contributed by atoms with E-state index in [4.69, 9.17) is 10.5 Å². The van der Waals surface area contributed by atoms with Gasteiger partial charge in [-0.2, -0.15) is 0 Å². The largest absolute Gasteiger partial charge is 0.461 e. The lowest BCUT2D eigenvalue weighted by Crippen LogP contribution is -2.64. The van der Waals surface area contributed by atoms with Crippen molar-refractivity contribution in [3.8, 4) is 0 Å². The van der Waals surface area contributed by atoms with E-state index >= 15 is 0 Å². The third-order valence-corrected chi connectivity index (χ3v) is 5.31. The molecule has 5 amide bonds. The Morgan fingerprint density at radius 2 is 1.59 bits per heavy atom. The molecule has 0 radical (unpaired) electrons. The van der Waals surface area contributed by atoms with Gasteiger partial charge in [-0.05, 0) is 49.8 Å². The van der Waals surface area contributed by atoms with E-state index in [-0.39, 0.29) is 31.4 Å². The Balaban J connectivity index is 0.00000308. The number of nitrogens with two attached hydrogens (primary N) is 1. The normalized spacial score (nSPS) is 13.5. The van der Waals surface area contributed by atoms with Crippen LogP contribution in [0.25, 0.3) is 0 Å². The van der Waals surface area contributed by atoms with Crippen LogP contribution in [0.4, 0.5) is 10.5 Å². The molecule has 2 rings (SSSR count). The van der Waals surface area contributed by atoms with Gasteiger partial charge in [-0.25, -0.2) is 4.79 Å². The van der Waals surface area contributed by atoms with Crippen molar-refractivity contribution in [1.29, 1.82) is 0 Å². The summed E-state index contributed by atoms with van der Waals surface area (Å²) in [6.07, 6.45) is 2.45. The van der Waals surface area contributed by atoms with E-state index in [1.807, 2.05) is 27.7 Å². The number of hydrogen-bond acceptors (Lipinski definition) is 6. The van der Waals surface area contributed by atoms with Crippen LogP contribution < -0.4 is 27.0 Å². The molecule has 1 aromatic carbocycles. The molecule has 6 N–H and O–H groups in total. The Morgan fingerprint density at radius 1 is 1.00 bits per heavy atom. The van der Waals surface area contributed by atoms with Gasteiger partial charge in [0.1, 0.15) is 18.2 Å². The molecule has 37 heavy (non-hydrogen) atoms. The van der Waals surface area contributed by atoms with Crippen LogP contribution in [0.5, 0.6) is 0 Å². The average Bonchev–Trinajstić information content (AvgIpc) is 2.84. The van der Waals surface area contributed by atoms with Crippen molar-refractivity contribution in [2.75, 3.05) is 11.9 Å². The second kappa shape index (κ2) is 17.7. The Kier molecular flexibility index (Phi) is 16.0. The van der Waals surface area contributed by atoms with Gasteiger partial charge >= 0.3 is 12.0 Å². The highest BCUT2D eigenvalue weighted by atomic mass is 16.5. The fraction of sp³-hybridized carbons (Fsp3) is 0.577. The molecule has 1 fully saturated rings. The number of benzene rings is 1. The molecule has 1 aliphatic carbocycles. The molecule has 11 heteroatoms. The monoisotopic (exact) mass is 521 g/mol. The van der Waals surface area contributed by atoms with Gasteiger partial charge in [-0.1, -0.05) is 39.8 Å². The fourth-order valence-corrected chi connectivity index (χ4v) is 3.46.